The van der Waals surface area contributed by atoms with Gasteiger partial charge in [-0.05, 0) is 31.2 Å². The molecule has 0 aliphatic heterocycles. The number of pyridine rings is 2. The second kappa shape index (κ2) is 6.45. The van der Waals surface area contributed by atoms with Crippen LogP contribution in [0, 0.1) is 0 Å². The number of amides is 1. The molecule has 2 aromatic heterocycles. The van der Waals surface area contributed by atoms with Crippen LogP contribution in [0.2, 0.25) is 0 Å². The number of carbonyl (C=O) groups excluding carboxylic acids is 2. The minimum Gasteiger partial charge on any atom is -0.449 e. The highest BCUT2D eigenvalue weighted by molar-refractivity contribution is 6.05. The summed E-state index contributed by atoms with van der Waals surface area (Å²) in [6.45, 7) is 1.44. The van der Waals surface area contributed by atoms with E-state index in [0.29, 0.717) is 22.2 Å². The van der Waals surface area contributed by atoms with Gasteiger partial charge in [0.25, 0.3) is 5.91 Å². The minimum atomic E-state index is -1.01. The van der Waals surface area contributed by atoms with Crippen molar-refractivity contribution >= 4 is 22.8 Å². The van der Waals surface area contributed by atoms with Crippen LogP contribution in [-0.4, -0.2) is 27.9 Å². The van der Waals surface area contributed by atoms with Crippen LogP contribution in [0.25, 0.3) is 22.2 Å². The maximum atomic E-state index is 12.5. The second-order valence-electron chi connectivity index (χ2n) is 5.26. The molecule has 1 amide bonds. The highest BCUT2D eigenvalue weighted by Gasteiger charge is 2.19. The van der Waals surface area contributed by atoms with Crippen LogP contribution in [0.4, 0.5) is 0 Å². The van der Waals surface area contributed by atoms with Crippen molar-refractivity contribution in [3.05, 3.63) is 60.4 Å². The van der Waals surface area contributed by atoms with Gasteiger partial charge in [-0.25, -0.2) is 9.78 Å². The quantitative estimate of drug-likeness (QED) is 0.744. The van der Waals surface area contributed by atoms with Crippen molar-refractivity contribution in [1.29, 1.82) is 0 Å². The highest BCUT2D eigenvalue weighted by Crippen LogP contribution is 2.25. The summed E-state index contributed by atoms with van der Waals surface area (Å²) in [5.41, 5.74) is 7.51. The van der Waals surface area contributed by atoms with Gasteiger partial charge in [0.2, 0.25) is 0 Å². The van der Waals surface area contributed by atoms with E-state index in [-0.39, 0.29) is 0 Å². The fourth-order valence-electron chi connectivity index (χ4n) is 2.29. The molecule has 6 heteroatoms. The van der Waals surface area contributed by atoms with Gasteiger partial charge in [0.15, 0.2) is 6.10 Å². The van der Waals surface area contributed by atoms with E-state index in [2.05, 4.69) is 9.97 Å². The number of esters is 1. The molecular weight excluding hydrogens is 306 g/mol. The number of primary amides is 1. The first-order chi connectivity index (χ1) is 11.6. The number of hydrogen-bond donors (Lipinski definition) is 1. The van der Waals surface area contributed by atoms with Gasteiger partial charge in [0.1, 0.15) is 0 Å². The lowest BCUT2D eigenvalue weighted by Crippen LogP contribution is -2.30. The molecule has 0 radical (unpaired) electrons. The largest absolute Gasteiger partial charge is 0.449 e. The van der Waals surface area contributed by atoms with Gasteiger partial charge in [-0.2, -0.15) is 0 Å². The lowest BCUT2D eigenvalue weighted by atomic mass is 10.1. The number of ether oxygens (including phenoxy) is 1. The molecule has 3 aromatic rings. The summed E-state index contributed by atoms with van der Waals surface area (Å²) >= 11 is 0. The Labute approximate surface area is 138 Å². The molecule has 0 spiro atoms. The molecular formula is C18H15N3O3. The molecule has 0 saturated carbocycles. The Kier molecular flexibility index (Phi) is 4.20. The lowest BCUT2D eigenvalue weighted by Gasteiger charge is -2.12. The van der Waals surface area contributed by atoms with E-state index in [0.717, 1.165) is 5.56 Å². The minimum absolute atomic E-state index is 0.326. The number of fused-ring (bicyclic) bond motifs is 1. The molecule has 2 heterocycles. The fourth-order valence-corrected chi connectivity index (χ4v) is 2.29. The van der Waals surface area contributed by atoms with Crippen molar-refractivity contribution in [3.8, 4) is 11.3 Å². The Morgan fingerprint density at radius 3 is 2.67 bits per heavy atom. The van der Waals surface area contributed by atoms with Gasteiger partial charge in [-0.3, -0.25) is 9.78 Å². The molecule has 1 unspecified atom stereocenters. The zero-order chi connectivity index (χ0) is 17.1. The van der Waals surface area contributed by atoms with E-state index < -0.39 is 18.0 Å². The van der Waals surface area contributed by atoms with E-state index in [1.807, 2.05) is 24.3 Å². The van der Waals surface area contributed by atoms with Crippen LogP contribution in [0.5, 0.6) is 0 Å². The maximum absolute atomic E-state index is 12.5. The maximum Gasteiger partial charge on any atom is 0.339 e. The third kappa shape index (κ3) is 3.08. The Bertz CT molecular complexity index is 910. The molecule has 0 aliphatic carbocycles. The Morgan fingerprint density at radius 2 is 1.96 bits per heavy atom. The van der Waals surface area contributed by atoms with Crippen molar-refractivity contribution < 1.29 is 14.3 Å². The number of carbonyl (C=O) groups is 2. The number of rotatable bonds is 4. The van der Waals surface area contributed by atoms with E-state index in [1.165, 1.54) is 6.92 Å². The first-order valence-electron chi connectivity index (χ1n) is 7.37. The van der Waals surface area contributed by atoms with Crippen LogP contribution in [0.3, 0.4) is 0 Å². The van der Waals surface area contributed by atoms with Crippen LogP contribution >= 0.6 is 0 Å². The second-order valence-corrected chi connectivity index (χ2v) is 5.26. The molecule has 0 fully saturated rings. The third-order valence-electron chi connectivity index (χ3n) is 3.58. The number of para-hydroxylation sites is 1. The topological polar surface area (TPSA) is 95.2 Å². The van der Waals surface area contributed by atoms with Crippen molar-refractivity contribution in [2.75, 3.05) is 0 Å². The van der Waals surface area contributed by atoms with Crippen molar-refractivity contribution in [2.24, 2.45) is 5.73 Å². The smallest absolute Gasteiger partial charge is 0.339 e. The highest BCUT2D eigenvalue weighted by atomic mass is 16.5. The molecule has 6 nitrogen and oxygen atoms in total. The van der Waals surface area contributed by atoms with E-state index >= 15 is 0 Å². The van der Waals surface area contributed by atoms with Crippen LogP contribution < -0.4 is 5.73 Å². The van der Waals surface area contributed by atoms with Crippen molar-refractivity contribution in [1.82, 2.24) is 9.97 Å². The van der Waals surface area contributed by atoms with Gasteiger partial charge in [0.05, 0.1) is 16.8 Å². The number of nitrogens with two attached hydrogens (primary N) is 1. The zero-order valence-corrected chi connectivity index (χ0v) is 13.0. The molecule has 120 valence electrons. The summed E-state index contributed by atoms with van der Waals surface area (Å²) < 4.78 is 5.14. The average Bonchev–Trinajstić information content (AvgIpc) is 2.61. The predicted octanol–water partition coefficient (Wildman–Crippen LogP) is 2.33. The molecule has 3 rings (SSSR count). The van der Waals surface area contributed by atoms with Gasteiger partial charge in [-0.15, -0.1) is 0 Å². The van der Waals surface area contributed by atoms with Gasteiger partial charge in [-0.1, -0.05) is 18.2 Å². The molecule has 1 aromatic carbocycles. The van der Waals surface area contributed by atoms with E-state index in [4.69, 9.17) is 10.5 Å². The average molecular weight is 321 g/mol. The summed E-state index contributed by atoms with van der Waals surface area (Å²) in [7, 11) is 0. The summed E-state index contributed by atoms with van der Waals surface area (Å²) in [4.78, 5) is 32.3. The van der Waals surface area contributed by atoms with Crippen LogP contribution in [0.1, 0.15) is 17.3 Å². The molecule has 0 saturated heterocycles. The van der Waals surface area contributed by atoms with Gasteiger partial charge >= 0.3 is 5.97 Å². The number of nitrogens with zero attached hydrogens (tertiary/aromatic N) is 2. The standard InChI is InChI=1S/C18H15N3O3/c1-11(17(19)22)24-18(23)14-9-16(12-5-4-8-20-10-12)21-15-7-3-2-6-13(14)15/h2-11H,1H3,(H2,19,22). The summed E-state index contributed by atoms with van der Waals surface area (Å²) in [5.74, 6) is -1.32. The SMILES string of the molecule is CC(OC(=O)c1cc(-c2cccnc2)nc2ccccc12)C(N)=O. The summed E-state index contributed by atoms with van der Waals surface area (Å²) in [6.07, 6.45) is 2.32. The number of hydrogen-bond acceptors (Lipinski definition) is 5. The normalized spacial score (nSPS) is 11.9. The Balaban J connectivity index is 2.11. The number of aromatic nitrogens is 2. The zero-order valence-electron chi connectivity index (χ0n) is 13.0. The van der Waals surface area contributed by atoms with Crippen molar-refractivity contribution in [3.63, 3.8) is 0 Å². The first kappa shape index (κ1) is 15.6. The van der Waals surface area contributed by atoms with Gasteiger partial charge < -0.3 is 10.5 Å². The Hall–Kier alpha value is -3.28. The third-order valence-corrected chi connectivity index (χ3v) is 3.58. The molecule has 2 N–H and O–H groups in total. The Morgan fingerprint density at radius 1 is 1.17 bits per heavy atom. The lowest BCUT2D eigenvalue weighted by molar-refractivity contribution is -0.125. The fraction of sp³-hybridized carbons (Fsp3) is 0.111. The number of benzene rings is 1. The van der Waals surface area contributed by atoms with Crippen LogP contribution in [-0.2, 0) is 9.53 Å². The summed E-state index contributed by atoms with van der Waals surface area (Å²) in [5, 5.41) is 0.645. The van der Waals surface area contributed by atoms with Gasteiger partial charge in [0, 0.05) is 23.3 Å². The predicted molar refractivity (Wildman–Crippen MR) is 89.0 cm³/mol. The monoisotopic (exact) mass is 321 g/mol. The molecule has 24 heavy (non-hydrogen) atoms. The summed E-state index contributed by atoms with van der Waals surface area (Å²) in [6, 6.07) is 12.5. The van der Waals surface area contributed by atoms with Crippen LogP contribution in [0.15, 0.2) is 54.9 Å². The molecule has 0 bridgehead atoms. The molecule has 0 aliphatic rings. The molecule has 1 atom stereocenters. The first-order valence-corrected chi connectivity index (χ1v) is 7.37. The van der Waals surface area contributed by atoms with Crippen molar-refractivity contribution in [2.45, 2.75) is 13.0 Å². The van der Waals surface area contributed by atoms with E-state index in [1.54, 1.807) is 30.6 Å². The van der Waals surface area contributed by atoms with E-state index in [9.17, 15) is 9.59 Å².